The molecule has 2 rings (SSSR count). The van der Waals surface area contributed by atoms with Gasteiger partial charge >= 0.3 is 6.09 Å². The van der Waals surface area contributed by atoms with E-state index in [0.717, 1.165) is 6.42 Å². The summed E-state index contributed by atoms with van der Waals surface area (Å²) < 4.78 is 5.32. The van der Waals surface area contributed by atoms with Crippen LogP contribution in [0.1, 0.15) is 20.3 Å². The Labute approximate surface area is 89.4 Å². The van der Waals surface area contributed by atoms with Crippen LogP contribution in [0.4, 0.5) is 4.79 Å². The average molecular weight is 218 g/mol. The van der Waals surface area contributed by atoms with Crippen molar-refractivity contribution in [1.82, 2.24) is 4.90 Å². The van der Waals surface area contributed by atoms with Gasteiger partial charge in [-0.3, -0.25) is 0 Å². The molecule has 1 heterocycles. The first kappa shape index (κ1) is 10.1. The maximum Gasteiger partial charge on any atom is 0.410 e. The number of carbonyl (C=O) groups is 1. The summed E-state index contributed by atoms with van der Waals surface area (Å²) in [6, 6.07) is 0.185. The van der Waals surface area contributed by atoms with E-state index in [9.17, 15) is 4.79 Å². The van der Waals surface area contributed by atoms with Gasteiger partial charge in [0.25, 0.3) is 0 Å². The van der Waals surface area contributed by atoms with Gasteiger partial charge in [-0.1, -0.05) is 6.92 Å². The highest BCUT2D eigenvalue weighted by Gasteiger charge is 2.53. The van der Waals surface area contributed by atoms with Gasteiger partial charge < -0.3 is 9.64 Å². The van der Waals surface area contributed by atoms with Gasteiger partial charge in [0.2, 0.25) is 0 Å². The lowest BCUT2D eigenvalue weighted by molar-refractivity contribution is 0.112. The highest BCUT2D eigenvalue weighted by atomic mass is 35.5. The van der Waals surface area contributed by atoms with Crippen LogP contribution in [0.15, 0.2) is 0 Å². The smallest absolute Gasteiger partial charge is 0.410 e. The standard InChI is InChI=1S/C10H16ClNO2/c1-5-4-7(6(2)11)8-9(5)14-10(13)12(8)3/h5-9H,4H2,1-3H3/t5-,6?,7?,8?,9-/m1/s1. The predicted octanol–water partition coefficient (Wildman–Crippen LogP) is 2.09. The lowest BCUT2D eigenvalue weighted by Gasteiger charge is -2.24. The fourth-order valence-corrected chi connectivity index (χ4v) is 3.01. The normalized spacial score (nSPS) is 43.7. The molecule has 1 aliphatic carbocycles. The number of alkyl halides is 1. The molecule has 1 amide bonds. The van der Waals surface area contributed by atoms with Crippen molar-refractivity contribution in [3.63, 3.8) is 0 Å². The first-order chi connectivity index (χ1) is 6.52. The number of hydrogen-bond donors (Lipinski definition) is 0. The SMILES string of the molecule is CC(Cl)C1C[C@@H](C)[C@H]2OC(=O)N(C)C12. The van der Waals surface area contributed by atoms with Crippen molar-refractivity contribution in [2.24, 2.45) is 11.8 Å². The number of nitrogens with zero attached hydrogens (tertiary/aromatic N) is 1. The first-order valence-corrected chi connectivity index (χ1v) is 5.53. The van der Waals surface area contributed by atoms with Gasteiger partial charge in [0.15, 0.2) is 0 Å². The zero-order valence-electron chi connectivity index (χ0n) is 8.74. The van der Waals surface area contributed by atoms with E-state index < -0.39 is 0 Å². The van der Waals surface area contributed by atoms with Crippen LogP contribution < -0.4 is 0 Å². The van der Waals surface area contributed by atoms with E-state index in [1.54, 1.807) is 11.9 Å². The predicted molar refractivity (Wildman–Crippen MR) is 54.4 cm³/mol. The Hall–Kier alpha value is -0.440. The first-order valence-electron chi connectivity index (χ1n) is 5.10. The summed E-state index contributed by atoms with van der Waals surface area (Å²) in [6.45, 7) is 4.13. The lowest BCUT2D eigenvalue weighted by Crippen LogP contribution is -2.38. The van der Waals surface area contributed by atoms with E-state index in [1.165, 1.54) is 0 Å². The minimum atomic E-state index is -0.200. The van der Waals surface area contributed by atoms with Gasteiger partial charge in [-0.05, 0) is 25.2 Å². The third kappa shape index (κ3) is 1.29. The molecule has 1 saturated carbocycles. The van der Waals surface area contributed by atoms with Crippen molar-refractivity contribution < 1.29 is 9.53 Å². The summed E-state index contributed by atoms with van der Waals surface area (Å²) in [7, 11) is 1.80. The van der Waals surface area contributed by atoms with E-state index >= 15 is 0 Å². The molecule has 0 bridgehead atoms. The summed E-state index contributed by atoms with van der Waals surface area (Å²) in [4.78, 5) is 13.1. The zero-order chi connectivity index (χ0) is 10.5. The van der Waals surface area contributed by atoms with Gasteiger partial charge in [0.05, 0.1) is 6.04 Å². The highest BCUT2D eigenvalue weighted by molar-refractivity contribution is 6.20. The molecule has 0 N–H and O–H groups in total. The van der Waals surface area contributed by atoms with Crippen molar-refractivity contribution in [2.75, 3.05) is 7.05 Å². The number of fused-ring (bicyclic) bond motifs is 1. The number of halogens is 1. The Balaban J connectivity index is 2.22. The molecule has 14 heavy (non-hydrogen) atoms. The summed E-state index contributed by atoms with van der Waals surface area (Å²) in [6.07, 6.45) is 0.907. The molecule has 0 radical (unpaired) electrons. The number of ether oxygens (including phenoxy) is 1. The fourth-order valence-electron chi connectivity index (χ4n) is 2.76. The molecule has 0 aromatic carbocycles. The Morgan fingerprint density at radius 3 is 2.86 bits per heavy atom. The number of hydrogen-bond acceptors (Lipinski definition) is 2. The van der Waals surface area contributed by atoms with Crippen LogP contribution in [-0.2, 0) is 4.74 Å². The fraction of sp³-hybridized carbons (Fsp3) is 0.900. The molecule has 3 unspecified atom stereocenters. The molecule has 80 valence electrons. The second kappa shape index (κ2) is 3.30. The van der Waals surface area contributed by atoms with E-state index in [4.69, 9.17) is 16.3 Å². The molecule has 5 atom stereocenters. The average Bonchev–Trinajstić information content (AvgIpc) is 2.56. The van der Waals surface area contributed by atoms with Crippen LogP contribution in [0.25, 0.3) is 0 Å². The third-order valence-electron chi connectivity index (χ3n) is 3.54. The Bertz CT molecular complexity index is 257. The zero-order valence-corrected chi connectivity index (χ0v) is 9.49. The Kier molecular flexibility index (Phi) is 2.38. The Morgan fingerprint density at radius 1 is 1.64 bits per heavy atom. The second-order valence-electron chi connectivity index (χ2n) is 4.50. The van der Waals surface area contributed by atoms with E-state index in [-0.39, 0.29) is 23.6 Å². The highest BCUT2D eigenvalue weighted by Crippen LogP contribution is 2.43. The molecule has 0 spiro atoms. The van der Waals surface area contributed by atoms with Crippen LogP contribution >= 0.6 is 11.6 Å². The number of amides is 1. The van der Waals surface area contributed by atoms with E-state index in [2.05, 4.69) is 6.92 Å². The molecule has 1 aliphatic heterocycles. The maximum absolute atomic E-state index is 11.4. The molecule has 1 saturated heterocycles. The van der Waals surface area contributed by atoms with Crippen LogP contribution in [0.2, 0.25) is 0 Å². The maximum atomic E-state index is 11.4. The van der Waals surface area contributed by atoms with Gasteiger partial charge in [-0.25, -0.2) is 4.79 Å². The molecular weight excluding hydrogens is 202 g/mol. The molecule has 2 fully saturated rings. The number of rotatable bonds is 1. The van der Waals surface area contributed by atoms with E-state index in [1.807, 2.05) is 6.92 Å². The summed E-state index contributed by atoms with van der Waals surface area (Å²) in [5.41, 5.74) is 0. The molecular formula is C10H16ClNO2. The molecule has 3 nitrogen and oxygen atoms in total. The topological polar surface area (TPSA) is 29.5 Å². The quantitative estimate of drug-likeness (QED) is 0.630. The minimum Gasteiger partial charge on any atom is -0.444 e. The van der Waals surface area contributed by atoms with E-state index in [0.29, 0.717) is 11.8 Å². The van der Waals surface area contributed by atoms with Gasteiger partial charge in [0.1, 0.15) is 6.10 Å². The summed E-state index contributed by atoms with van der Waals surface area (Å²) in [5.74, 6) is 0.799. The van der Waals surface area contributed by atoms with Crippen molar-refractivity contribution in [3.8, 4) is 0 Å². The van der Waals surface area contributed by atoms with Crippen LogP contribution in [-0.4, -0.2) is 35.6 Å². The van der Waals surface area contributed by atoms with Crippen LogP contribution in [0.3, 0.4) is 0 Å². The Morgan fingerprint density at radius 2 is 2.29 bits per heavy atom. The number of carbonyl (C=O) groups excluding carboxylic acids is 1. The molecule has 0 aromatic rings. The molecule has 2 aliphatic rings. The van der Waals surface area contributed by atoms with Crippen molar-refractivity contribution >= 4 is 17.7 Å². The minimum absolute atomic E-state index is 0.0544. The lowest BCUT2D eigenvalue weighted by atomic mass is 9.99. The van der Waals surface area contributed by atoms with Crippen LogP contribution in [0.5, 0.6) is 0 Å². The van der Waals surface area contributed by atoms with Crippen molar-refractivity contribution in [1.29, 1.82) is 0 Å². The monoisotopic (exact) mass is 217 g/mol. The van der Waals surface area contributed by atoms with Crippen LogP contribution in [0, 0.1) is 11.8 Å². The summed E-state index contributed by atoms with van der Waals surface area (Å²) >= 11 is 6.14. The largest absolute Gasteiger partial charge is 0.444 e. The summed E-state index contributed by atoms with van der Waals surface area (Å²) in [5, 5.41) is 0.101. The molecule has 4 heteroatoms. The van der Waals surface area contributed by atoms with Gasteiger partial charge in [-0.2, -0.15) is 0 Å². The van der Waals surface area contributed by atoms with Crippen molar-refractivity contribution in [2.45, 2.75) is 37.8 Å². The van der Waals surface area contributed by atoms with Gasteiger partial charge in [0, 0.05) is 12.4 Å². The third-order valence-corrected chi connectivity index (χ3v) is 3.87. The van der Waals surface area contributed by atoms with Crippen molar-refractivity contribution in [3.05, 3.63) is 0 Å². The van der Waals surface area contributed by atoms with Gasteiger partial charge in [-0.15, -0.1) is 11.6 Å². The molecule has 0 aromatic heterocycles. The second-order valence-corrected chi connectivity index (χ2v) is 5.19. The number of likely N-dealkylation sites (N-methyl/N-ethyl adjacent to an activating group) is 1.